The Morgan fingerprint density at radius 1 is 1.19 bits per heavy atom. The highest BCUT2D eigenvalue weighted by Crippen LogP contribution is 2.38. The number of anilines is 1. The molecule has 1 heterocycles. The van der Waals surface area contributed by atoms with Crippen molar-refractivity contribution in [2.45, 2.75) is 0 Å². The van der Waals surface area contributed by atoms with E-state index >= 15 is 0 Å². The van der Waals surface area contributed by atoms with Crippen LogP contribution in [0.25, 0.3) is 0 Å². The van der Waals surface area contributed by atoms with Gasteiger partial charge in [0.05, 0.1) is 24.4 Å². The number of aliphatic hydroxyl groups is 1. The third-order valence-electron chi connectivity index (χ3n) is 3.65. The minimum Gasteiger partial charge on any atom is -0.493 e. The molecule has 7 nitrogen and oxygen atoms in total. The van der Waals surface area contributed by atoms with Gasteiger partial charge in [0.15, 0.2) is 23.0 Å². The summed E-state index contributed by atoms with van der Waals surface area (Å²) in [5.74, 6) is 1.52. The van der Waals surface area contributed by atoms with Crippen molar-refractivity contribution < 1.29 is 28.8 Å². The van der Waals surface area contributed by atoms with Crippen molar-refractivity contribution in [1.29, 1.82) is 0 Å². The Labute approximate surface area is 155 Å². The van der Waals surface area contributed by atoms with Crippen molar-refractivity contribution in [1.82, 2.24) is 0 Å². The molecule has 0 unspecified atom stereocenters. The zero-order chi connectivity index (χ0) is 18.5. The monoisotopic (exact) mass is 379 g/mol. The first-order valence-corrected chi connectivity index (χ1v) is 8.32. The van der Waals surface area contributed by atoms with Crippen LogP contribution in [0.1, 0.15) is 10.4 Å². The number of halogens is 1. The number of aliphatic hydroxyl groups excluding tert-OH is 1. The van der Waals surface area contributed by atoms with E-state index in [2.05, 4.69) is 5.32 Å². The Bertz CT molecular complexity index is 811. The first-order chi connectivity index (χ1) is 12.6. The number of hydrogen-bond donors (Lipinski definition) is 2. The van der Waals surface area contributed by atoms with Gasteiger partial charge in [-0.05, 0) is 18.2 Å². The molecule has 0 aromatic heterocycles. The van der Waals surface area contributed by atoms with E-state index in [1.165, 1.54) is 13.2 Å². The lowest BCUT2D eigenvalue weighted by atomic mass is 10.1. The summed E-state index contributed by atoms with van der Waals surface area (Å²) in [6.45, 7) is 0.839. The van der Waals surface area contributed by atoms with Crippen molar-refractivity contribution in [3.8, 4) is 23.0 Å². The number of ether oxygens (including phenoxy) is 4. The highest BCUT2D eigenvalue weighted by Gasteiger charge is 2.18. The van der Waals surface area contributed by atoms with Gasteiger partial charge in [-0.15, -0.1) is 0 Å². The van der Waals surface area contributed by atoms with Crippen LogP contribution in [-0.4, -0.2) is 44.6 Å². The Morgan fingerprint density at radius 2 is 1.92 bits per heavy atom. The number of carbonyl (C=O) groups is 1. The number of hydrogen-bond acceptors (Lipinski definition) is 6. The van der Waals surface area contributed by atoms with E-state index in [-0.39, 0.29) is 19.1 Å². The van der Waals surface area contributed by atoms with Crippen molar-refractivity contribution in [3.05, 3.63) is 40.9 Å². The van der Waals surface area contributed by atoms with Gasteiger partial charge in [-0.25, -0.2) is 0 Å². The van der Waals surface area contributed by atoms with Gasteiger partial charge in [-0.3, -0.25) is 4.79 Å². The summed E-state index contributed by atoms with van der Waals surface area (Å²) in [6.07, 6.45) is 0. The second-order valence-corrected chi connectivity index (χ2v) is 5.77. The van der Waals surface area contributed by atoms with Crippen LogP contribution in [0.15, 0.2) is 30.3 Å². The summed E-state index contributed by atoms with van der Waals surface area (Å²) in [6, 6.07) is 7.99. The summed E-state index contributed by atoms with van der Waals surface area (Å²) in [7, 11) is 1.50. The Hall–Kier alpha value is -2.64. The zero-order valence-electron chi connectivity index (χ0n) is 14.1. The van der Waals surface area contributed by atoms with Crippen molar-refractivity contribution in [3.63, 3.8) is 0 Å². The molecule has 0 saturated carbocycles. The van der Waals surface area contributed by atoms with E-state index in [0.29, 0.717) is 52.5 Å². The number of benzene rings is 2. The van der Waals surface area contributed by atoms with Crippen LogP contribution >= 0.6 is 11.6 Å². The second-order valence-electron chi connectivity index (χ2n) is 5.37. The molecule has 1 aliphatic rings. The van der Waals surface area contributed by atoms with Crippen LogP contribution in [-0.2, 0) is 0 Å². The van der Waals surface area contributed by atoms with Gasteiger partial charge in [0.25, 0.3) is 5.91 Å². The molecule has 0 radical (unpaired) electrons. The van der Waals surface area contributed by atoms with Gasteiger partial charge in [0.1, 0.15) is 19.8 Å². The summed E-state index contributed by atoms with van der Waals surface area (Å²) in [4.78, 5) is 12.6. The first-order valence-electron chi connectivity index (χ1n) is 7.94. The van der Waals surface area contributed by atoms with Crippen LogP contribution in [0.5, 0.6) is 23.0 Å². The number of fused-ring (bicyclic) bond motifs is 1. The van der Waals surface area contributed by atoms with E-state index < -0.39 is 0 Å². The molecule has 2 aromatic carbocycles. The maximum Gasteiger partial charge on any atom is 0.255 e. The second kappa shape index (κ2) is 8.16. The summed E-state index contributed by atoms with van der Waals surface area (Å²) in [5.41, 5.74) is 0.763. The Morgan fingerprint density at radius 3 is 2.62 bits per heavy atom. The quantitative estimate of drug-likeness (QED) is 0.802. The molecule has 26 heavy (non-hydrogen) atoms. The smallest absolute Gasteiger partial charge is 0.255 e. The molecule has 0 saturated heterocycles. The molecule has 0 spiro atoms. The highest BCUT2D eigenvalue weighted by atomic mass is 35.5. The molecule has 1 amide bonds. The average Bonchev–Trinajstić information content (AvgIpc) is 2.66. The molecule has 2 aromatic rings. The predicted molar refractivity (Wildman–Crippen MR) is 96.0 cm³/mol. The van der Waals surface area contributed by atoms with Crippen molar-refractivity contribution >= 4 is 23.2 Å². The fraction of sp³-hybridized carbons (Fsp3) is 0.278. The minimum absolute atomic E-state index is 0.0927. The van der Waals surface area contributed by atoms with E-state index in [9.17, 15) is 4.79 Å². The normalized spacial score (nSPS) is 12.4. The van der Waals surface area contributed by atoms with E-state index in [4.69, 9.17) is 35.7 Å². The molecular weight excluding hydrogens is 362 g/mol. The molecule has 3 rings (SSSR count). The number of methoxy groups -OCH3 is 1. The molecule has 2 N–H and O–H groups in total. The molecule has 1 aliphatic heterocycles. The maximum absolute atomic E-state index is 12.6. The van der Waals surface area contributed by atoms with Crippen molar-refractivity contribution in [2.75, 3.05) is 38.9 Å². The average molecular weight is 380 g/mol. The SMILES string of the molecule is COc1ccc(C(=O)Nc2cc3c(cc2Cl)OCCO3)cc1OCCO. The molecule has 8 heteroatoms. The Kier molecular flexibility index (Phi) is 5.70. The fourth-order valence-electron chi connectivity index (χ4n) is 2.44. The summed E-state index contributed by atoms with van der Waals surface area (Å²) >= 11 is 6.22. The molecule has 0 atom stereocenters. The standard InChI is InChI=1S/C18H18ClNO6/c1-23-14-3-2-11(8-15(14)24-5-4-21)18(22)20-13-10-17-16(9-12(13)19)25-6-7-26-17/h2-3,8-10,21H,4-7H2,1H3,(H,20,22). The van der Waals surface area contributed by atoms with Gasteiger partial charge in [-0.2, -0.15) is 0 Å². The van der Waals surface area contributed by atoms with Crippen LogP contribution < -0.4 is 24.3 Å². The van der Waals surface area contributed by atoms with Gasteiger partial charge in [0.2, 0.25) is 0 Å². The van der Waals surface area contributed by atoms with Gasteiger partial charge < -0.3 is 29.4 Å². The third kappa shape index (κ3) is 3.95. The zero-order valence-corrected chi connectivity index (χ0v) is 14.8. The summed E-state index contributed by atoms with van der Waals surface area (Å²) in [5, 5.41) is 12.0. The van der Waals surface area contributed by atoms with Gasteiger partial charge in [-0.1, -0.05) is 11.6 Å². The van der Waals surface area contributed by atoms with Crippen LogP contribution in [0.2, 0.25) is 5.02 Å². The van der Waals surface area contributed by atoms with Crippen molar-refractivity contribution in [2.24, 2.45) is 0 Å². The lowest BCUT2D eigenvalue weighted by Gasteiger charge is -2.20. The van der Waals surface area contributed by atoms with Gasteiger partial charge in [0, 0.05) is 17.7 Å². The lowest BCUT2D eigenvalue weighted by molar-refractivity contribution is 0.102. The number of nitrogens with one attached hydrogen (secondary N) is 1. The maximum atomic E-state index is 12.6. The van der Waals surface area contributed by atoms with Gasteiger partial charge >= 0.3 is 0 Å². The van der Waals surface area contributed by atoms with Crippen LogP contribution in [0.4, 0.5) is 5.69 Å². The molecule has 0 fully saturated rings. The van der Waals surface area contributed by atoms with E-state index in [0.717, 1.165) is 0 Å². The predicted octanol–water partition coefficient (Wildman–Crippen LogP) is 2.74. The molecule has 0 aliphatic carbocycles. The fourth-order valence-corrected chi connectivity index (χ4v) is 2.64. The molecular formula is C18H18ClNO6. The molecule has 138 valence electrons. The topological polar surface area (TPSA) is 86.3 Å². The third-order valence-corrected chi connectivity index (χ3v) is 3.97. The van der Waals surface area contributed by atoms with E-state index in [1.807, 2.05) is 0 Å². The Balaban J connectivity index is 1.81. The number of carbonyl (C=O) groups excluding carboxylic acids is 1. The van der Waals surface area contributed by atoms with Crippen LogP contribution in [0, 0.1) is 0 Å². The van der Waals surface area contributed by atoms with E-state index in [1.54, 1.807) is 24.3 Å². The molecule has 0 bridgehead atoms. The summed E-state index contributed by atoms with van der Waals surface area (Å²) < 4.78 is 21.5. The first kappa shape index (κ1) is 18.2. The highest BCUT2D eigenvalue weighted by molar-refractivity contribution is 6.34. The minimum atomic E-state index is -0.375. The van der Waals surface area contributed by atoms with Crippen LogP contribution in [0.3, 0.4) is 0 Å². The number of amides is 1. The number of rotatable bonds is 6. The lowest BCUT2D eigenvalue weighted by Crippen LogP contribution is -2.17. The largest absolute Gasteiger partial charge is 0.493 e.